The molecular formula is C11H13BrCl2N2. The number of hydrogen-bond acceptors (Lipinski definition) is 2. The molecule has 1 aliphatic rings. The number of halogens is 3. The van der Waals surface area contributed by atoms with Crippen LogP contribution in [0.3, 0.4) is 0 Å². The SMILES string of the molecule is ClCC1(Nc2ncc(Br)cc2Cl)CCCC1. The molecule has 16 heavy (non-hydrogen) atoms. The summed E-state index contributed by atoms with van der Waals surface area (Å²) in [6.45, 7) is 0. The summed E-state index contributed by atoms with van der Waals surface area (Å²) in [6.07, 6.45) is 6.35. The van der Waals surface area contributed by atoms with Crippen LogP contribution in [-0.4, -0.2) is 16.4 Å². The summed E-state index contributed by atoms with van der Waals surface area (Å²) in [7, 11) is 0. The maximum absolute atomic E-state index is 6.13. The molecule has 0 radical (unpaired) electrons. The van der Waals surface area contributed by atoms with Gasteiger partial charge in [-0.05, 0) is 34.8 Å². The normalized spacial score (nSPS) is 18.7. The predicted octanol–water partition coefficient (Wildman–Crippen LogP) is 4.46. The Hall–Kier alpha value is 0.01000. The van der Waals surface area contributed by atoms with Crippen LogP contribution in [0.2, 0.25) is 5.02 Å². The minimum Gasteiger partial charge on any atom is -0.362 e. The zero-order valence-electron chi connectivity index (χ0n) is 8.77. The Morgan fingerprint density at radius 1 is 1.44 bits per heavy atom. The van der Waals surface area contributed by atoms with Gasteiger partial charge < -0.3 is 5.32 Å². The van der Waals surface area contributed by atoms with Crippen molar-refractivity contribution in [3.05, 3.63) is 21.8 Å². The largest absolute Gasteiger partial charge is 0.362 e. The molecule has 1 heterocycles. The lowest BCUT2D eigenvalue weighted by atomic mass is 10.0. The molecule has 0 aromatic carbocycles. The standard InChI is InChI=1S/C11H13BrCl2N2/c12-8-5-9(14)10(15-6-8)16-11(7-13)3-1-2-4-11/h5-6H,1-4,7H2,(H,15,16). The second-order valence-corrected chi connectivity index (χ2v) is 5.82. The highest BCUT2D eigenvalue weighted by atomic mass is 79.9. The lowest BCUT2D eigenvalue weighted by Gasteiger charge is -2.28. The molecule has 1 saturated carbocycles. The third-order valence-electron chi connectivity index (χ3n) is 3.01. The molecule has 1 aromatic rings. The third kappa shape index (κ3) is 2.63. The van der Waals surface area contributed by atoms with E-state index < -0.39 is 0 Å². The van der Waals surface area contributed by atoms with Gasteiger partial charge in [0.25, 0.3) is 0 Å². The number of anilines is 1. The molecular weight excluding hydrogens is 311 g/mol. The summed E-state index contributed by atoms with van der Waals surface area (Å²) in [5.74, 6) is 1.33. The van der Waals surface area contributed by atoms with Crippen molar-refractivity contribution in [2.24, 2.45) is 0 Å². The fourth-order valence-corrected chi connectivity index (χ4v) is 3.11. The van der Waals surface area contributed by atoms with Crippen LogP contribution in [-0.2, 0) is 0 Å². The monoisotopic (exact) mass is 322 g/mol. The van der Waals surface area contributed by atoms with E-state index in [-0.39, 0.29) is 5.54 Å². The van der Waals surface area contributed by atoms with Crippen molar-refractivity contribution >= 4 is 44.9 Å². The molecule has 5 heteroatoms. The zero-order valence-corrected chi connectivity index (χ0v) is 11.9. The molecule has 0 spiro atoms. The Labute approximate surface area is 114 Å². The van der Waals surface area contributed by atoms with Gasteiger partial charge in [0.05, 0.1) is 10.6 Å². The molecule has 2 rings (SSSR count). The van der Waals surface area contributed by atoms with Crippen molar-refractivity contribution in [3.8, 4) is 0 Å². The van der Waals surface area contributed by atoms with E-state index in [9.17, 15) is 0 Å². The molecule has 0 bridgehead atoms. The van der Waals surface area contributed by atoms with E-state index in [0.717, 1.165) is 23.1 Å². The van der Waals surface area contributed by atoms with E-state index in [0.29, 0.717) is 10.9 Å². The van der Waals surface area contributed by atoms with Crippen LogP contribution in [0.25, 0.3) is 0 Å². The van der Waals surface area contributed by atoms with E-state index >= 15 is 0 Å². The van der Waals surface area contributed by atoms with Crippen LogP contribution in [0.1, 0.15) is 25.7 Å². The molecule has 1 fully saturated rings. The van der Waals surface area contributed by atoms with Crippen molar-refractivity contribution in [3.63, 3.8) is 0 Å². The molecule has 2 nitrogen and oxygen atoms in total. The Morgan fingerprint density at radius 2 is 2.12 bits per heavy atom. The zero-order chi connectivity index (χ0) is 11.6. The van der Waals surface area contributed by atoms with E-state index in [2.05, 4.69) is 26.2 Å². The first-order chi connectivity index (χ1) is 7.65. The number of nitrogens with one attached hydrogen (secondary N) is 1. The van der Waals surface area contributed by atoms with Gasteiger partial charge in [0.15, 0.2) is 0 Å². The van der Waals surface area contributed by atoms with Gasteiger partial charge in [0, 0.05) is 16.5 Å². The molecule has 0 aliphatic heterocycles. The molecule has 1 N–H and O–H groups in total. The number of aromatic nitrogens is 1. The summed E-state index contributed by atoms with van der Waals surface area (Å²) >= 11 is 15.5. The number of rotatable bonds is 3. The van der Waals surface area contributed by atoms with Gasteiger partial charge in [0.1, 0.15) is 5.82 Å². The summed E-state index contributed by atoms with van der Waals surface area (Å²) in [4.78, 5) is 4.29. The Morgan fingerprint density at radius 3 is 2.69 bits per heavy atom. The van der Waals surface area contributed by atoms with Crippen molar-refractivity contribution in [2.45, 2.75) is 31.2 Å². The average Bonchev–Trinajstić information content (AvgIpc) is 2.72. The van der Waals surface area contributed by atoms with Crippen LogP contribution in [0.15, 0.2) is 16.7 Å². The molecule has 0 amide bonds. The van der Waals surface area contributed by atoms with Crippen molar-refractivity contribution < 1.29 is 0 Å². The van der Waals surface area contributed by atoms with Gasteiger partial charge in [-0.2, -0.15) is 0 Å². The number of nitrogens with zero attached hydrogens (tertiary/aromatic N) is 1. The van der Waals surface area contributed by atoms with E-state index in [1.807, 2.05) is 6.07 Å². The topological polar surface area (TPSA) is 24.9 Å². The molecule has 0 unspecified atom stereocenters. The number of pyridine rings is 1. The predicted molar refractivity (Wildman–Crippen MR) is 72.5 cm³/mol. The van der Waals surface area contributed by atoms with E-state index in [4.69, 9.17) is 23.2 Å². The molecule has 0 saturated heterocycles. The minimum atomic E-state index is -0.0218. The first-order valence-corrected chi connectivity index (χ1v) is 7.01. The van der Waals surface area contributed by atoms with Crippen molar-refractivity contribution in [2.75, 3.05) is 11.2 Å². The fourth-order valence-electron chi connectivity index (χ4n) is 2.10. The second-order valence-electron chi connectivity index (χ2n) is 4.23. The summed E-state index contributed by atoms with van der Waals surface area (Å²) in [5.41, 5.74) is -0.0218. The molecule has 88 valence electrons. The van der Waals surface area contributed by atoms with Crippen LogP contribution < -0.4 is 5.32 Å². The van der Waals surface area contributed by atoms with Crippen molar-refractivity contribution in [1.29, 1.82) is 0 Å². The molecule has 1 aliphatic carbocycles. The average molecular weight is 324 g/mol. The lowest BCUT2D eigenvalue weighted by Crippen LogP contribution is -2.37. The Kier molecular flexibility index (Phi) is 3.98. The number of hydrogen-bond donors (Lipinski definition) is 1. The maximum atomic E-state index is 6.13. The maximum Gasteiger partial charge on any atom is 0.145 e. The van der Waals surface area contributed by atoms with Crippen LogP contribution in [0, 0.1) is 0 Å². The van der Waals surface area contributed by atoms with Crippen LogP contribution in [0.4, 0.5) is 5.82 Å². The fraction of sp³-hybridized carbons (Fsp3) is 0.545. The molecule has 0 atom stereocenters. The second kappa shape index (κ2) is 5.11. The highest BCUT2D eigenvalue weighted by molar-refractivity contribution is 9.10. The van der Waals surface area contributed by atoms with Gasteiger partial charge in [-0.25, -0.2) is 4.98 Å². The van der Waals surface area contributed by atoms with Gasteiger partial charge in [-0.1, -0.05) is 24.4 Å². The van der Waals surface area contributed by atoms with E-state index in [1.54, 1.807) is 6.20 Å². The van der Waals surface area contributed by atoms with Crippen molar-refractivity contribution in [1.82, 2.24) is 4.98 Å². The first-order valence-electron chi connectivity index (χ1n) is 5.30. The van der Waals surface area contributed by atoms with Crippen LogP contribution in [0.5, 0.6) is 0 Å². The van der Waals surface area contributed by atoms with Gasteiger partial charge in [-0.15, -0.1) is 11.6 Å². The first kappa shape index (κ1) is 12.5. The van der Waals surface area contributed by atoms with Crippen LogP contribution >= 0.6 is 39.1 Å². The highest BCUT2D eigenvalue weighted by Gasteiger charge is 2.33. The summed E-state index contributed by atoms with van der Waals surface area (Å²) in [6, 6.07) is 1.84. The summed E-state index contributed by atoms with van der Waals surface area (Å²) in [5, 5.41) is 4.03. The minimum absolute atomic E-state index is 0.0218. The third-order valence-corrected chi connectivity index (χ3v) is 4.24. The smallest absolute Gasteiger partial charge is 0.145 e. The lowest BCUT2D eigenvalue weighted by molar-refractivity contribution is 0.537. The Bertz CT molecular complexity index is 378. The highest BCUT2D eigenvalue weighted by Crippen LogP contribution is 2.35. The quantitative estimate of drug-likeness (QED) is 0.831. The Balaban J connectivity index is 2.19. The van der Waals surface area contributed by atoms with Gasteiger partial charge in [0.2, 0.25) is 0 Å². The molecule has 1 aromatic heterocycles. The summed E-state index contributed by atoms with van der Waals surface area (Å²) < 4.78 is 0.884. The number of alkyl halides is 1. The van der Waals surface area contributed by atoms with Gasteiger partial charge in [-0.3, -0.25) is 0 Å². The van der Waals surface area contributed by atoms with E-state index in [1.165, 1.54) is 12.8 Å². The van der Waals surface area contributed by atoms with Gasteiger partial charge >= 0.3 is 0 Å².